The number of benzene rings is 1. The van der Waals surface area contributed by atoms with Gasteiger partial charge in [0.2, 0.25) is 5.75 Å². The molecule has 0 aromatic heterocycles. The number of halogens is 3. The molecule has 1 aromatic rings. The summed E-state index contributed by atoms with van der Waals surface area (Å²) in [5.41, 5.74) is 4.33. The average Bonchev–Trinajstić information content (AvgIpc) is 1.99. The van der Waals surface area contributed by atoms with Crippen LogP contribution in [0.3, 0.4) is 0 Å². The third kappa shape index (κ3) is 3.01. The van der Waals surface area contributed by atoms with E-state index < -0.39 is 22.7 Å². The minimum absolute atomic E-state index is 0.0557. The first-order chi connectivity index (χ1) is 6.79. The highest BCUT2D eigenvalue weighted by atomic mass is 19.4. The molecule has 0 amide bonds. The van der Waals surface area contributed by atoms with E-state index in [0.717, 1.165) is 18.2 Å². The highest BCUT2D eigenvalue weighted by molar-refractivity contribution is 5.55. The van der Waals surface area contributed by atoms with E-state index in [1.165, 1.54) is 0 Å². The van der Waals surface area contributed by atoms with Crippen molar-refractivity contribution >= 4 is 11.4 Å². The second-order valence-electron chi connectivity index (χ2n) is 2.53. The normalized spacial score (nSPS) is 11.1. The van der Waals surface area contributed by atoms with E-state index in [-0.39, 0.29) is 5.69 Å². The zero-order valence-corrected chi connectivity index (χ0v) is 7.12. The van der Waals surface area contributed by atoms with Gasteiger partial charge < -0.3 is 10.5 Å². The third-order valence-corrected chi connectivity index (χ3v) is 1.41. The predicted octanol–water partition coefficient (Wildman–Crippen LogP) is 2.08. The predicted molar refractivity (Wildman–Crippen MR) is 44.2 cm³/mol. The van der Waals surface area contributed by atoms with Crippen molar-refractivity contribution in [3.63, 3.8) is 0 Å². The van der Waals surface area contributed by atoms with E-state index in [9.17, 15) is 23.3 Å². The van der Waals surface area contributed by atoms with Crippen molar-refractivity contribution in [2.75, 3.05) is 5.73 Å². The molecule has 0 spiro atoms. The summed E-state index contributed by atoms with van der Waals surface area (Å²) in [4.78, 5) is 9.35. The Bertz CT molecular complexity index is 392. The van der Waals surface area contributed by atoms with Gasteiger partial charge >= 0.3 is 12.0 Å². The molecule has 0 fully saturated rings. The maximum atomic E-state index is 11.8. The van der Waals surface area contributed by atoms with Crippen LogP contribution in [0.5, 0.6) is 5.75 Å². The molecule has 5 nitrogen and oxygen atoms in total. The summed E-state index contributed by atoms with van der Waals surface area (Å²) in [5.74, 6) is -0.924. The fraction of sp³-hybridized carbons (Fsp3) is 0.143. The van der Waals surface area contributed by atoms with Gasteiger partial charge in [0.05, 0.1) is 4.92 Å². The molecule has 0 aliphatic rings. The minimum Gasteiger partial charge on any atom is -0.399 e. The Morgan fingerprint density at radius 1 is 1.40 bits per heavy atom. The van der Waals surface area contributed by atoms with E-state index in [0.29, 0.717) is 0 Å². The number of hydrogen-bond acceptors (Lipinski definition) is 4. The first-order valence-corrected chi connectivity index (χ1v) is 3.59. The van der Waals surface area contributed by atoms with Crippen LogP contribution < -0.4 is 10.5 Å². The Morgan fingerprint density at radius 2 is 2.00 bits per heavy atom. The van der Waals surface area contributed by atoms with Gasteiger partial charge in [-0.1, -0.05) is 0 Å². The molecule has 0 unspecified atom stereocenters. The van der Waals surface area contributed by atoms with Gasteiger partial charge in [0.15, 0.2) is 0 Å². The smallest absolute Gasteiger partial charge is 0.399 e. The van der Waals surface area contributed by atoms with Gasteiger partial charge in [-0.15, -0.1) is 13.2 Å². The van der Waals surface area contributed by atoms with Crippen LogP contribution in [-0.2, 0) is 0 Å². The van der Waals surface area contributed by atoms with Gasteiger partial charge in [0, 0.05) is 17.8 Å². The number of nitrogen functional groups attached to an aromatic ring is 1. The van der Waals surface area contributed by atoms with E-state index >= 15 is 0 Å². The zero-order chi connectivity index (χ0) is 11.6. The number of ether oxygens (including phenoxy) is 1. The first-order valence-electron chi connectivity index (χ1n) is 3.59. The summed E-state index contributed by atoms with van der Waals surface area (Å²) in [7, 11) is 0. The molecular formula is C7H5F3N2O3. The Balaban J connectivity index is 3.13. The van der Waals surface area contributed by atoms with Gasteiger partial charge in [-0.25, -0.2) is 0 Å². The van der Waals surface area contributed by atoms with Crippen LogP contribution in [0.4, 0.5) is 24.5 Å². The number of anilines is 1. The molecule has 2 N–H and O–H groups in total. The number of hydrogen-bond donors (Lipinski definition) is 1. The molecule has 15 heavy (non-hydrogen) atoms. The highest BCUT2D eigenvalue weighted by Gasteiger charge is 2.34. The number of nitrogens with two attached hydrogens (primary N) is 1. The van der Waals surface area contributed by atoms with Crippen molar-refractivity contribution in [1.29, 1.82) is 0 Å². The molecule has 82 valence electrons. The van der Waals surface area contributed by atoms with Crippen LogP contribution in [0.15, 0.2) is 18.2 Å². The number of alkyl halides is 3. The maximum absolute atomic E-state index is 11.8. The quantitative estimate of drug-likeness (QED) is 0.472. The molecule has 0 bridgehead atoms. The second-order valence-corrected chi connectivity index (χ2v) is 2.53. The largest absolute Gasteiger partial charge is 0.573 e. The van der Waals surface area contributed by atoms with Crippen LogP contribution in [0.2, 0.25) is 0 Å². The highest BCUT2D eigenvalue weighted by Crippen LogP contribution is 2.33. The van der Waals surface area contributed by atoms with Crippen molar-refractivity contribution in [1.82, 2.24) is 0 Å². The molecule has 8 heteroatoms. The van der Waals surface area contributed by atoms with Crippen molar-refractivity contribution in [2.45, 2.75) is 6.36 Å². The van der Waals surface area contributed by atoms with Crippen molar-refractivity contribution in [3.8, 4) is 5.75 Å². The van der Waals surface area contributed by atoms with E-state index in [4.69, 9.17) is 5.73 Å². The molecule has 0 atom stereocenters. The van der Waals surface area contributed by atoms with E-state index in [2.05, 4.69) is 4.74 Å². The Hall–Kier alpha value is -1.99. The summed E-state index contributed by atoms with van der Waals surface area (Å²) < 4.78 is 38.9. The van der Waals surface area contributed by atoms with Crippen LogP contribution in [0.1, 0.15) is 0 Å². The third-order valence-electron chi connectivity index (χ3n) is 1.41. The number of nitrogens with zero attached hydrogens (tertiary/aromatic N) is 1. The van der Waals surface area contributed by atoms with Gasteiger partial charge in [-0.3, -0.25) is 10.1 Å². The van der Waals surface area contributed by atoms with E-state index in [1.54, 1.807) is 0 Å². The Morgan fingerprint density at radius 3 is 2.47 bits per heavy atom. The molecule has 0 saturated carbocycles. The molecular weight excluding hydrogens is 217 g/mol. The van der Waals surface area contributed by atoms with Crippen LogP contribution in [0, 0.1) is 10.1 Å². The lowest BCUT2D eigenvalue weighted by atomic mass is 10.2. The molecule has 1 rings (SSSR count). The molecule has 0 saturated heterocycles. The fourth-order valence-corrected chi connectivity index (χ4v) is 0.888. The molecule has 0 aliphatic carbocycles. The Kier molecular flexibility index (Phi) is 2.69. The maximum Gasteiger partial charge on any atom is 0.573 e. The van der Waals surface area contributed by atoms with Gasteiger partial charge in [-0.05, 0) is 6.07 Å². The molecule has 0 aliphatic heterocycles. The van der Waals surface area contributed by atoms with Crippen molar-refractivity contribution < 1.29 is 22.8 Å². The lowest BCUT2D eigenvalue weighted by Gasteiger charge is -2.09. The summed E-state index contributed by atoms with van der Waals surface area (Å²) in [6.07, 6.45) is -4.99. The number of rotatable bonds is 2. The van der Waals surface area contributed by atoms with Crippen LogP contribution in [-0.4, -0.2) is 11.3 Å². The van der Waals surface area contributed by atoms with Crippen LogP contribution >= 0.6 is 0 Å². The summed E-state index contributed by atoms with van der Waals surface area (Å²) in [6, 6.07) is 2.70. The average molecular weight is 222 g/mol. The van der Waals surface area contributed by atoms with Crippen molar-refractivity contribution in [2.24, 2.45) is 0 Å². The lowest BCUT2D eigenvalue weighted by Crippen LogP contribution is -2.18. The van der Waals surface area contributed by atoms with Gasteiger partial charge in [-0.2, -0.15) is 0 Å². The topological polar surface area (TPSA) is 78.4 Å². The molecule has 0 radical (unpaired) electrons. The molecule has 1 aromatic carbocycles. The van der Waals surface area contributed by atoms with Gasteiger partial charge in [0.25, 0.3) is 0 Å². The molecule has 0 heterocycles. The summed E-state index contributed by atoms with van der Waals surface area (Å²) >= 11 is 0. The van der Waals surface area contributed by atoms with Gasteiger partial charge in [0.1, 0.15) is 0 Å². The van der Waals surface area contributed by atoms with E-state index in [1.807, 2.05) is 0 Å². The lowest BCUT2D eigenvalue weighted by molar-refractivity contribution is -0.388. The second kappa shape index (κ2) is 3.64. The standard InChI is InChI=1S/C7H5F3N2O3/c8-7(9,10)15-6-3-4(11)1-2-5(6)12(13)14/h1-3H,11H2. The van der Waals surface area contributed by atoms with Crippen LogP contribution in [0.25, 0.3) is 0 Å². The fourth-order valence-electron chi connectivity index (χ4n) is 0.888. The first kappa shape index (κ1) is 11.1. The zero-order valence-electron chi connectivity index (χ0n) is 7.12. The SMILES string of the molecule is Nc1ccc([N+](=O)[O-])c(OC(F)(F)F)c1. The minimum atomic E-state index is -4.99. The summed E-state index contributed by atoms with van der Waals surface area (Å²) in [6.45, 7) is 0. The Labute approximate surface area is 81.4 Å². The van der Waals surface area contributed by atoms with Crippen molar-refractivity contribution in [3.05, 3.63) is 28.3 Å². The summed E-state index contributed by atoms with van der Waals surface area (Å²) in [5, 5.41) is 10.3. The monoisotopic (exact) mass is 222 g/mol. The number of nitro benzene ring substituents is 1. The number of nitro groups is 1.